The molecule has 2 aromatic rings. The number of benzene rings is 1. The number of rotatable bonds is 4. The SMILES string of the molecule is COc1cc(Br)cc(/C=N\NC(=O)c2nonc2N)c1O. The van der Waals surface area contributed by atoms with Crippen molar-refractivity contribution in [3.05, 3.63) is 27.9 Å². The lowest BCUT2D eigenvalue weighted by Gasteiger charge is -2.06. The van der Waals surface area contributed by atoms with Crippen LogP contribution in [-0.2, 0) is 0 Å². The van der Waals surface area contributed by atoms with Crippen molar-refractivity contribution in [2.75, 3.05) is 12.8 Å². The van der Waals surface area contributed by atoms with Crippen LogP contribution in [0.2, 0.25) is 0 Å². The average molecular weight is 356 g/mol. The van der Waals surface area contributed by atoms with Gasteiger partial charge in [-0.15, -0.1) is 0 Å². The molecule has 0 bridgehead atoms. The van der Waals surface area contributed by atoms with Gasteiger partial charge >= 0.3 is 0 Å². The summed E-state index contributed by atoms with van der Waals surface area (Å²) in [6.07, 6.45) is 1.24. The number of hydrogen-bond donors (Lipinski definition) is 3. The highest BCUT2D eigenvalue weighted by Gasteiger charge is 2.15. The smallest absolute Gasteiger partial charge is 0.297 e. The Morgan fingerprint density at radius 1 is 1.57 bits per heavy atom. The quantitative estimate of drug-likeness (QED) is 0.547. The van der Waals surface area contributed by atoms with Crippen LogP contribution in [0.4, 0.5) is 5.82 Å². The Balaban J connectivity index is 2.14. The molecule has 1 heterocycles. The first-order valence-corrected chi connectivity index (χ1v) is 6.30. The molecule has 0 radical (unpaired) electrons. The average Bonchev–Trinajstić information content (AvgIpc) is 2.88. The van der Waals surface area contributed by atoms with Crippen molar-refractivity contribution in [3.8, 4) is 11.5 Å². The summed E-state index contributed by atoms with van der Waals surface area (Å²) in [6, 6.07) is 3.19. The van der Waals surface area contributed by atoms with Crippen LogP contribution in [-0.4, -0.2) is 34.7 Å². The number of methoxy groups -OCH3 is 1. The van der Waals surface area contributed by atoms with E-state index in [1.165, 1.54) is 13.3 Å². The summed E-state index contributed by atoms with van der Waals surface area (Å²) in [5, 5.41) is 20.2. The van der Waals surface area contributed by atoms with Crippen LogP contribution in [0.1, 0.15) is 16.1 Å². The van der Waals surface area contributed by atoms with E-state index in [9.17, 15) is 9.90 Å². The summed E-state index contributed by atoms with van der Waals surface area (Å²) in [4.78, 5) is 11.6. The van der Waals surface area contributed by atoms with E-state index in [0.717, 1.165) is 0 Å². The molecule has 110 valence electrons. The van der Waals surface area contributed by atoms with Gasteiger partial charge in [-0.1, -0.05) is 15.9 Å². The minimum absolute atomic E-state index is 0.110. The zero-order valence-corrected chi connectivity index (χ0v) is 12.3. The van der Waals surface area contributed by atoms with Gasteiger partial charge in [-0.05, 0) is 22.4 Å². The highest BCUT2D eigenvalue weighted by Crippen LogP contribution is 2.32. The van der Waals surface area contributed by atoms with Crippen LogP contribution in [0.25, 0.3) is 0 Å². The molecule has 1 aromatic carbocycles. The first-order valence-electron chi connectivity index (χ1n) is 5.51. The molecule has 0 spiro atoms. The number of phenols is 1. The minimum Gasteiger partial charge on any atom is -0.504 e. The Kier molecular flexibility index (Phi) is 4.38. The Morgan fingerprint density at radius 2 is 2.33 bits per heavy atom. The van der Waals surface area contributed by atoms with E-state index in [-0.39, 0.29) is 23.0 Å². The number of nitrogens with zero attached hydrogens (tertiary/aromatic N) is 3. The molecular weight excluding hydrogens is 346 g/mol. The van der Waals surface area contributed by atoms with Crippen LogP contribution < -0.4 is 15.9 Å². The fourth-order valence-corrected chi connectivity index (χ4v) is 1.87. The van der Waals surface area contributed by atoms with Crippen LogP contribution >= 0.6 is 15.9 Å². The van der Waals surface area contributed by atoms with Crippen LogP contribution in [0, 0.1) is 0 Å². The molecule has 0 saturated heterocycles. The zero-order valence-electron chi connectivity index (χ0n) is 10.7. The predicted octanol–water partition coefficient (Wildman–Crippen LogP) is 0.892. The standard InChI is InChI=1S/C11H10BrN5O4/c1-20-7-3-6(12)2-5(9(7)18)4-14-15-11(19)8-10(13)17-21-16-8/h2-4,18H,1H3,(H2,13,17)(H,15,19)/b14-4-. The third kappa shape index (κ3) is 3.28. The fourth-order valence-electron chi connectivity index (χ4n) is 1.41. The van der Waals surface area contributed by atoms with Gasteiger partial charge in [-0.3, -0.25) is 4.79 Å². The third-order valence-corrected chi connectivity index (χ3v) is 2.85. The summed E-state index contributed by atoms with van der Waals surface area (Å²) in [6.45, 7) is 0. The number of carbonyl (C=O) groups is 1. The van der Waals surface area contributed by atoms with Gasteiger partial charge in [0.1, 0.15) is 0 Å². The Labute approximate surface area is 126 Å². The van der Waals surface area contributed by atoms with Gasteiger partial charge in [0.2, 0.25) is 11.5 Å². The molecule has 0 saturated carbocycles. The number of aromatic nitrogens is 2. The fraction of sp³-hybridized carbons (Fsp3) is 0.0909. The van der Waals surface area contributed by atoms with E-state index in [0.29, 0.717) is 10.0 Å². The molecule has 1 amide bonds. The number of halogens is 1. The third-order valence-electron chi connectivity index (χ3n) is 2.39. The summed E-state index contributed by atoms with van der Waals surface area (Å²) in [5.74, 6) is -0.676. The summed E-state index contributed by atoms with van der Waals surface area (Å²) >= 11 is 3.26. The lowest BCUT2D eigenvalue weighted by atomic mass is 10.2. The van der Waals surface area contributed by atoms with Gasteiger partial charge in [0.15, 0.2) is 11.5 Å². The van der Waals surface area contributed by atoms with E-state index in [1.807, 2.05) is 0 Å². The number of hydrazone groups is 1. The number of aromatic hydroxyl groups is 1. The van der Waals surface area contributed by atoms with Gasteiger partial charge in [-0.25, -0.2) is 10.1 Å². The monoisotopic (exact) mass is 355 g/mol. The molecule has 0 unspecified atom stereocenters. The molecule has 10 heteroatoms. The van der Waals surface area contributed by atoms with Crippen LogP contribution in [0.15, 0.2) is 26.3 Å². The molecule has 1 aromatic heterocycles. The molecule has 4 N–H and O–H groups in total. The van der Waals surface area contributed by atoms with Crippen molar-refractivity contribution in [1.29, 1.82) is 0 Å². The molecule has 0 fully saturated rings. The highest BCUT2D eigenvalue weighted by molar-refractivity contribution is 9.10. The maximum atomic E-state index is 11.6. The second-order valence-electron chi connectivity index (χ2n) is 3.74. The van der Waals surface area contributed by atoms with E-state index in [2.05, 4.69) is 41.4 Å². The molecule has 0 atom stereocenters. The predicted molar refractivity (Wildman–Crippen MR) is 76.1 cm³/mol. The van der Waals surface area contributed by atoms with Gasteiger partial charge < -0.3 is 15.6 Å². The second kappa shape index (κ2) is 6.22. The normalized spacial score (nSPS) is 10.8. The molecule has 2 rings (SSSR count). The van der Waals surface area contributed by atoms with Crippen molar-refractivity contribution in [2.45, 2.75) is 0 Å². The summed E-state index contributed by atoms with van der Waals surface area (Å²) < 4.78 is 9.96. The topological polar surface area (TPSA) is 136 Å². The van der Waals surface area contributed by atoms with Crippen molar-refractivity contribution in [3.63, 3.8) is 0 Å². The number of nitrogen functional groups attached to an aromatic ring is 1. The number of nitrogens with two attached hydrogens (primary N) is 1. The van der Waals surface area contributed by atoms with Gasteiger partial charge in [-0.2, -0.15) is 5.10 Å². The largest absolute Gasteiger partial charge is 0.504 e. The number of ether oxygens (including phenoxy) is 1. The van der Waals surface area contributed by atoms with E-state index >= 15 is 0 Å². The number of carbonyl (C=O) groups excluding carboxylic acids is 1. The number of anilines is 1. The highest BCUT2D eigenvalue weighted by atomic mass is 79.9. The zero-order chi connectivity index (χ0) is 15.4. The van der Waals surface area contributed by atoms with Crippen molar-refractivity contribution >= 4 is 33.9 Å². The lowest BCUT2D eigenvalue weighted by Crippen LogP contribution is -2.19. The number of phenolic OH excluding ortho intramolecular Hbond substituents is 1. The van der Waals surface area contributed by atoms with Crippen LogP contribution in [0.5, 0.6) is 11.5 Å². The van der Waals surface area contributed by atoms with E-state index < -0.39 is 5.91 Å². The van der Waals surface area contributed by atoms with Crippen molar-refractivity contribution < 1.29 is 19.3 Å². The number of amides is 1. The molecule has 0 aliphatic rings. The Bertz CT molecular complexity index is 700. The first-order chi connectivity index (χ1) is 10.0. The number of hydrogen-bond acceptors (Lipinski definition) is 8. The maximum Gasteiger partial charge on any atom is 0.297 e. The molecule has 0 aliphatic heterocycles. The Hall–Kier alpha value is -2.62. The molecule has 21 heavy (non-hydrogen) atoms. The van der Waals surface area contributed by atoms with Crippen molar-refractivity contribution in [1.82, 2.24) is 15.7 Å². The molecular formula is C11H10BrN5O4. The molecule has 9 nitrogen and oxygen atoms in total. The van der Waals surface area contributed by atoms with E-state index in [1.54, 1.807) is 12.1 Å². The van der Waals surface area contributed by atoms with Gasteiger partial charge in [0.05, 0.1) is 13.3 Å². The summed E-state index contributed by atoms with van der Waals surface area (Å²) in [5.41, 5.74) is 7.71. The second-order valence-corrected chi connectivity index (χ2v) is 4.66. The Morgan fingerprint density at radius 3 is 2.95 bits per heavy atom. The van der Waals surface area contributed by atoms with Crippen LogP contribution in [0.3, 0.4) is 0 Å². The van der Waals surface area contributed by atoms with E-state index in [4.69, 9.17) is 10.5 Å². The maximum absolute atomic E-state index is 11.6. The molecule has 0 aliphatic carbocycles. The summed E-state index contributed by atoms with van der Waals surface area (Å²) in [7, 11) is 1.42. The van der Waals surface area contributed by atoms with Crippen molar-refractivity contribution in [2.24, 2.45) is 5.10 Å². The lowest BCUT2D eigenvalue weighted by molar-refractivity contribution is 0.0946. The minimum atomic E-state index is -0.688. The van der Waals surface area contributed by atoms with Gasteiger partial charge in [0, 0.05) is 10.0 Å². The first kappa shape index (κ1) is 14.8. The van der Waals surface area contributed by atoms with Gasteiger partial charge in [0.25, 0.3) is 5.91 Å². The number of nitrogens with one attached hydrogen (secondary N) is 1.